The van der Waals surface area contributed by atoms with Gasteiger partial charge in [-0.2, -0.15) is 0 Å². The number of aryl methyl sites for hydroxylation is 2. The van der Waals surface area contributed by atoms with E-state index in [1.807, 2.05) is 0 Å². The number of fused-ring (bicyclic) bond motifs is 1. The van der Waals surface area contributed by atoms with Gasteiger partial charge in [-0.15, -0.1) is 0 Å². The first kappa shape index (κ1) is 11.1. The van der Waals surface area contributed by atoms with Crippen LogP contribution < -0.4 is 5.73 Å². The highest BCUT2D eigenvalue weighted by Gasteiger charge is 2.08. The molecular weight excluding hydrogens is 198 g/mol. The van der Waals surface area contributed by atoms with Crippen LogP contribution in [-0.2, 0) is 6.42 Å². The number of aromatic amines is 1. The molecule has 1 aromatic heterocycles. The smallest absolute Gasteiger partial charge is 0.108 e. The van der Waals surface area contributed by atoms with Gasteiger partial charge in [0.15, 0.2) is 0 Å². The van der Waals surface area contributed by atoms with E-state index in [9.17, 15) is 0 Å². The highest BCUT2D eigenvalue weighted by Crippen LogP contribution is 2.18. The molecule has 3 N–H and O–H groups in total. The van der Waals surface area contributed by atoms with E-state index in [1.165, 1.54) is 11.1 Å². The summed E-state index contributed by atoms with van der Waals surface area (Å²) in [6, 6.07) is 4.49. The van der Waals surface area contributed by atoms with Crippen molar-refractivity contribution in [3.8, 4) is 0 Å². The summed E-state index contributed by atoms with van der Waals surface area (Å²) in [6.07, 6.45) is 1.80. The molecule has 1 aromatic carbocycles. The van der Waals surface area contributed by atoms with Gasteiger partial charge in [-0.05, 0) is 37.5 Å². The molecule has 0 spiro atoms. The third-order valence-corrected chi connectivity index (χ3v) is 2.95. The summed E-state index contributed by atoms with van der Waals surface area (Å²) in [4.78, 5) is 7.96. The molecule has 0 radical (unpaired) electrons. The van der Waals surface area contributed by atoms with Crippen LogP contribution in [0.3, 0.4) is 0 Å². The Morgan fingerprint density at radius 3 is 2.81 bits per heavy atom. The van der Waals surface area contributed by atoms with E-state index >= 15 is 0 Å². The van der Waals surface area contributed by atoms with E-state index in [0.29, 0.717) is 0 Å². The molecule has 0 saturated heterocycles. The van der Waals surface area contributed by atoms with E-state index in [4.69, 9.17) is 5.73 Å². The fourth-order valence-corrected chi connectivity index (χ4v) is 2.01. The van der Waals surface area contributed by atoms with Crippen molar-refractivity contribution < 1.29 is 0 Å². The lowest BCUT2D eigenvalue weighted by molar-refractivity contribution is 0.630. The van der Waals surface area contributed by atoms with Crippen LogP contribution in [0.1, 0.15) is 30.3 Å². The number of hydrogen-bond acceptors (Lipinski definition) is 2. The summed E-state index contributed by atoms with van der Waals surface area (Å²) in [7, 11) is 0. The van der Waals surface area contributed by atoms with E-state index < -0.39 is 0 Å². The third kappa shape index (κ3) is 2.09. The lowest BCUT2D eigenvalue weighted by Gasteiger charge is -2.04. The van der Waals surface area contributed by atoms with Crippen LogP contribution in [-0.4, -0.2) is 16.0 Å². The molecule has 0 amide bonds. The van der Waals surface area contributed by atoms with E-state index in [2.05, 4.69) is 42.9 Å². The molecule has 16 heavy (non-hydrogen) atoms. The minimum Gasteiger partial charge on any atom is -0.342 e. The van der Waals surface area contributed by atoms with Gasteiger partial charge < -0.3 is 10.7 Å². The first-order valence-electron chi connectivity index (χ1n) is 5.81. The van der Waals surface area contributed by atoms with Crippen molar-refractivity contribution in [1.29, 1.82) is 0 Å². The zero-order chi connectivity index (χ0) is 11.7. The monoisotopic (exact) mass is 217 g/mol. The van der Waals surface area contributed by atoms with Crippen LogP contribution in [0.4, 0.5) is 0 Å². The number of nitrogens with zero attached hydrogens (tertiary/aromatic N) is 1. The van der Waals surface area contributed by atoms with Crippen LogP contribution in [0.15, 0.2) is 12.1 Å². The lowest BCUT2D eigenvalue weighted by atomic mass is 10.1. The SMILES string of the molecule is CCC(N)Cc1nc2c(C)cc(C)cc2[nH]1. The highest BCUT2D eigenvalue weighted by molar-refractivity contribution is 5.79. The summed E-state index contributed by atoms with van der Waals surface area (Å²) in [5.74, 6) is 0.998. The molecule has 1 unspecified atom stereocenters. The van der Waals surface area contributed by atoms with Crippen LogP contribution in [0, 0.1) is 13.8 Å². The fraction of sp³-hybridized carbons (Fsp3) is 0.462. The average Bonchev–Trinajstić information content (AvgIpc) is 2.60. The zero-order valence-electron chi connectivity index (χ0n) is 10.2. The number of H-pyrrole nitrogens is 1. The van der Waals surface area contributed by atoms with E-state index in [1.54, 1.807) is 0 Å². The molecule has 0 aliphatic heterocycles. The maximum atomic E-state index is 5.93. The zero-order valence-corrected chi connectivity index (χ0v) is 10.2. The molecule has 3 nitrogen and oxygen atoms in total. The van der Waals surface area contributed by atoms with Gasteiger partial charge in [0.05, 0.1) is 11.0 Å². The largest absolute Gasteiger partial charge is 0.342 e. The highest BCUT2D eigenvalue weighted by atomic mass is 14.9. The topological polar surface area (TPSA) is 54.7 Å². The summed E-state index contributed by atoms with van der Waals surface area (Å²) in [5, 5.41) is 0. The van der Waals surface area contributed by atoms with Crippen LogP contribution in [0.2, 0.25) is 0 Å². The fourth-order valence-electron chi connectivity index (χ4n) is 2.01. The summed E-state index contributed by atoms with van der Waals surface area (Å²) < 4.78 is 0. The Kier molecular flexibility index (Phi) is 2.97. The van der Waals surface area contributed by atoms with E-state index in [-0.39, 0.29) is 6.04 Å². The molecule has 0 fully saturated rings. The number of hydrogen-bond donors (Lipinski definition) is 2. The quantitative estimate of drug-likeness (QED) is 0.829. The predicted octanol–water partition coefficient (Wildman–Crippen LogP) is 2.46. The molecule has 0 aliphatic carbocycles. The number of nitrogens with two attached hydrogens (primary N) is 1. The number of imidazole rings is 1. The minimum absolute atomic E-state index is 0.196. The Balaban J connectivity index is 2.40. The summed E-state index contributed by atoms with van der Waals surface area (Å²) in [6.45, 7) is 6.30. The molecule has 2 aromatic rings. The Morgan fingerprint density at radius 2 is 2.12 bits per heavy atom. The number of nitrogens with one attached hydrogen (secondary N) is 1. The normalized spacial score (nSPS) is 13.2. The van der Waals surface area contributed by atoms with Crippen molar-refractivity contribution in [3.05, 3.63) is 29.1 Å². The van der Waals surface area contributed by atoms with Gasteiger partial charge in [0.25, 0.3) is 0 Å². The molecular formula is C13H19N3. The Morgan fingerprint density at radius 1 is 1.38 bits per heavy atom. The molecule has 0 aliphatic rings. The molecule has 1 atom stereocenters. The lowest BCUT2D eigenvalue weighted by Crippen LogP contribution is -2.21. The second-order valence-electron chi connectivity index (χ2n) is 4.53. The van der Waals surface area contributed by atoms with Gasteiger partial charge in [-0.1, -0.05) is 13.0 Å². The van der Waals surface area contributed by atoms with Gasteiger partial charge >= 0.3 is 0 Å². The Labute approximate surface area is 96.1 Å². The molecule has 0 bridgehead atoms. The summed E-state index contributed by atoms with van der Waals surface area (Å²) >= 11 is 0. The second-order valence-corrected chi connectivity index (χ2v) is 4.53. The predicted molar refractivity (Wildman–Crippen MR) is 67.5 cm³/mol. The summed E-state index contributed by atoms with van der Waals surface area (Å²) in [5.41, 5.74) is 10.6. The molecule has 2 rings (SSSR count). The Bertz CT molecular complexity index is 499. The first-order valence-corrected chi connectivity index (χ1v) is 5.81. The number of benzene rings is 1. The van der Waals surface area contributed by atoms with Crippen molar-refractivity contribution in [3.63, 3.8) is 0 Å². The van der Waals surface area contributed by atoms with Crippen LogP contribution >= 0.6 is 0 Å². The van der Waals surface area contributed by atoms with Crippen molar-refractivity contribution in [2.24, 2.45) is 5.73 Å². The van der Waals surface area contributed by atoms with Gasteiger partial charge in [0.1, 0.15) is 5.82 Å². The molecule has 3 heteroatoms. The minimum atomic E-state index is 0.196. The van der Waals surface area contributed by atoms with Gasteiger partial charge in [0, 0.05) is 12.5 Å². The third-order valence-electron chi connectivity index (χ3n) is 2.95. The maximum absolute atomic E-state index is 5.93. The molecule has 0 saturated carbocycles. The number of rotatable bonds is 3. The maximum Gasteiger partial charge on any atom is 0.108 e. The van der Waals surface area contributed by atoms with Gasteiger partial charge in [0.2, 0.25) is 0 Å². The van der Waals surface area contributed by atoms with Gasteiger partial charge in [-0.25, -0.2) is 4.98 Å². The first-order chi connectivity index (χ1) is 7.60. The Hall–Kier alpha value is -1.35. The van der Waals surface area contributed by atoms with Crippen molar-refractivity contribution in [2.45, 2.75) is 39.7 Å². The molecule has 86 valence electrons. The van der Waals surface area contributed by atoms with Crippen molar-refractivity contribution in [2.75, 3.05) is 0 Å². The van der Waals surface area contributed by atoms with E-state index in [0.717, 1.165) is 29.7 Å². The average molecular weight is 217 g/mol. The number of aromatic nitrogens is 2. The second kappa shape index (κ2) is 4.26. The van der Waals surface area contributed by atoms with Crippen molar-refractivity contribution >= 4 is 11.0 Å². The van der Waals surface area contributed by atoms with Crippen LogP contribution in [0.25, 0.3) is 11.0 Å². The standard InChI is InChI=1S/C13H19N3/c1-4-10(14)7-12-15-11-6-8(2)5-9(3)13(11)16-12/h5-6,10H,4,7,14H2,1-3H3,(H,15,16). The van der Waals surface area contributed by atoms with Crippen LogP contribution in [0.5, 0.6) is 0 Å². The molecule has 1 heterocycles. The van der Waals surface area contributed by atoms with Gasteiger partial charge in [-0.3, -0.25) is 0 Å². The van der Waals surface area contributed by atoms with Crippen molar-refractivity contribution in [1.82, 2.24) is 9.97 Å².